The van der Waals surface area contributed by atoms with Crippen molar-refractivity contribution in [1.82, 2.24) is 0 Å². The Labute approximate surface area is 105 Å². The van der Waals surface area contributed by atoms with Crippen molar-refractivity contribution in [3.8, 4) is 0 Å². The SMILES string of the molecule is C/C=C1/N=C(C)C=N/C1=N\C=C(/C)CC.CC. The van der Waals surface area contributed by atoms with E-state index in [-0.39, 0.29) is 0 Å². The van der Waals surface area contributed by atoms with Gasteiger partial charge in [0, 0.05) is 6.20 Å². The van der Waals surface area contributed by atoms with E-state index >= 15 is 0 Å². The molecule has 0 fully saturated rings. The monoisotopic (exact) mass is 233 g/mol. The van der Waals surface area contributed by atoms with Gasteiger partial charge in [-0.05, 0) is 27.2 Å². The number of nitrogens with zero attached hydrogens (tertiary/aromatic N) is 3. The van der Waals surface area contributed by atoms with Crippen molar-refractivity contribution >= 4 is 17.8 Å². The highest BCUT2D eigenvalue weighted by molar-refractivity contribution is 6.34. The van der Waals surface area contributed by atoms with Crippen molar-refractivity contribution in [3.05, 3.63) is 23.5 Å². The molecule has 1 aliphatic heterocycles. The summed E-state index contributed by atoms with van der Waals surface area (Å²) in [5.41, 5.74) is 2.99. The molecule has 0 unspecified atom stereocenters. The molecule has 0 N–H and O–H groups in total. The first-order valence-corrected chi connectivity index (χ1v) is 6.16. The predicted octanol–water partition coefficient (Wildman–Crippen LogP) is 4.17. The number of allylic oxidation sites excluding steroid dienone is 2. The minimum absolute atomic E-state index is 0.691. The molecule has 0 aromatic rings. The van der Waals surface area contributed by atoms with Crippen LogP contribution in [-0.2, 0) is 0 Å². The summed E-state index contributed by atoms with van der Waals surface area (Å²) in [4.78, 5) is 12.9. The molecular formula is C14H23N3. The first-order valence-electron chi connectivity index (χ1n) is 6.16. The Bertz CT molecular complexity index is 382. The smallest absolute Gasteiger partial charge is 0.177 e. The topological polar surface area (TPSA) is 37.1 Å². The molecule has 0 amide bonds. The maximum atomic E-state index is 4.35. The van der Waals surface area contributed by atoms with Crippen LogP contribution in [-0.4, -0.2) is 17.8 Å². The van der Waals surface area contributed by atoms with E-state index in [1.165, 1.54) is 5.57 Å². The van der Waals surface area contributed by atoms with Crippen molar-refractivity contribution in [1.29, 1.82) is 0 Å². The highest BCUT2D eigenvalue weighted by Crippen LogP contribution is 2.08. The summed E-state index contributed by atoms with van der Waals surface area (Å²) >= 11 is 0. The summed E-state index contributed by atoms with van der Waals surface area (Å²) in [5.74, 6) is 0.691. The van der Waals surface area contributed by atoms with Gasteiger partial charge in [0.25, 0.3) is 0 Å². The fraction of sp³-hybridized carbons (Fsp3) is 0.500. The largest absolute Gasteiger partial charge is 0.249 e. The lowest BCUT2D eigenvalue weighted by Gasteiger charge is -2.06. The van der Waals surface area contributed by atoms with Crippen LogP contribution in [0.1, 0.15) is 48.0 Å². The minimum Gasteiger partial charge on any atom is -0.249 e. The van der Waals surface area contributed by atoms with Gasteiger partial charge in [0.1, 0.15) is 5.70 Å². The van der Waals surface area contributed by atoms with E-state index in [9.17, 15) is 0 Å². The second-order valence-electron chi connectivity index (χ2n) is 3.47. The first-order chi connectivity index (χ1) is 8.17. The van der Waals surface area contributed by atoms with E-state index in [2.05, 4.69) is 28.8 Å². The third-order valence-corrected chi connectivity index (χ3v) is 2.14. The molecule has 0 radical (unpaired) electrons. The second-order valence-corrected chi connectivity index (χ2v) is 3.47. The van der Waals surface area contributed by atoms with Gasteiger partial charge < -0.3 is 0 Å². The van der Waals surface area contributed by atoms with Crippen LogP contribution in [0, 0.1) is 0 Å². The van der Waals surface area contributed by atoms with E-state index in [0.717, 1.165) is 17.8 Å². The molecule has 3 nitrogen and oxygen atoms in total. The minimum atomic E-state index is 0.691. The third-order valence-electron chi connectivity index (χ3n) is 2.14. The van der Waals surface area contributed by atoms with Gasteiger partial charge in [-0.15, -0.1) is 0 Å². The second kappa shape index (κ2) is 8.62. The average Bonchev–Trinajstić information content (AvgIpc) is 2.39. The maximum Gasteiger partial charge on any atom is 0.177 e. The lowest BCUT2D eigenvalue weighted by Crippen LogP contribution is -2.09. The Balaban J connectivity index is 0.00000121. The lowest BCUT2D eigenvalue weighted by atomic mass is 10.2. The van der Waals surface area contributed by atoms with Crippen molar-refractivity contribution in [2.75, 3.05) is 0 Å². The molecule has 0 bridgehead atoms. The zero-order valence-electron chi connectivity index (χ0n) is 11.8. The Morgan fingerprint density at radius 3 is 2.59 bits per heavy atom. The fourth-order valence-electron chi connectivity index (χ4n) is 1.05. The molecule has 17 heavy (non-hydrogen) atoms. The van der Waals surface area contributed by atoms with Gasteiger partial charge in [0.15, 0.2) is 5.84 Å². The van der Waals surface area contributed by atoms with Crippen LogP contribution in [0.3, 0.4) is 0 Å². The van der Waals surface area contributed by atoms with Gasteiger partial charge in [-0.2, -0.15) is 0 Å². The van der Waals surface area contributed by atoms with Crippen LogP contribution in [0.4, 0.5) is 0 Å². The van der Waals surface area contributed by atoms with E-state index in [0.29, 0.717) is 5.84 Å². The highest BCUT2D eigenvalue weighted by Gasteiger charge is 2.07. The molecule has 1 rings (SSSR count). The predicted molar refractivity (Wildman–Crippen MR) is 78.2 cm³/mol. The standard InChI is InChI=1S/C12H17N3.C2H6/c1-5-9(3)7-13-12-11(6-2)15-10(4)8-14-12;1-2/h6-8H,5H2,1-4H3;1-2H3/b9-7+,11-6+,13-12-;. The molecule has 0 aromatic heterocycles. The Kier molecular flexibility index (Phi) is 7.85. The van der Waals surface area contributed by atoms with Crippen molar-refractivity contribution in [2.45, 2.75) is 48.0 Å². The molecule has 94 valence electrons. The van der Waals surface area contributed by atoms with Crippen LogP contribution in [0.15, 0.2) is 38.5 Å². The van der Waals surface area contributed by atoms with Crippen molar-refractivity contribution in [2.24, 2.45) is 15.0 Å². The highest BCUT2D eigenvalue weighted by atomic mass is 15.0. The number of hydrogen-bond acceptors (Lipinski definition) is 2. The Hall–Kier alpha value is -1.51. The average molecular weight is 233 g/mol. The summed E-state index contributed by atoms with van der Waals surface area (Å²) in [7, 11) is 0. The van der Waals surface area contributed by atoms with Gasteiger partial charge in [0.2, 0.25) is 0 Å². The van der Waals surface area contributed by atoms with Crippen LogP contribution in [0.25, 0.3) is 0 Å². The molecule has 0 atom stereocenters. The normalized spacial score (nSPS) is 20.1. The van der Waals surface area contributed by atoms with Crippen molar-refractivity contribution in [3.63, 3.8) is 0 Å². The van der Waals surface area contributed by atoms with E-state index in [1.807, 2.05) is 40.0 Å². The molecule has 0 saturated carbocycles. The Morgan fingerprint density at radius 2 is 2.06 bits per heavy atom. The zero-order valence-corrected chi connectivity index (χ0v) is 11.8. The van der Waals surface area contributed by atoms with Gasteiger partial charge in [-0.1, -0.05) is 32.4 Å². The van der Waals surface area contributed by atoms with E-state index in [1.54, 1.807) is 6.21 Å². The number of aliphatic imine (C=N–C) groups is 3. The van der Waals surface area contributed by atoms with Gasteiger partial charge in [-0.3, -0.25) is 0 Å². The van der Waals surface area contributed by atoms with Crippen molar-refractivity contribution < 1.29 is 0 Å². The Morgan fingerprint density at radius 1 is 1.41 bits per heavy atom. The van der Waals surface area contributed by atoms with E-state index in [4.69, 9.17) is 0 Å². The lowest BCUT2D eigenvalue weighted by molar-refractivity contribution is 1.08. The number of amidine groups is 1. The molecule has 0 saturated heterocycles. The molecule has 0 aliphatic carbocycles. The van der Waals surface area contributed by atoms with Gasteiger partial charge in [-0.25, -0.2) is 15.0 Å². The van der Waals surface area contributed by atoms with Crippen LogP contribution in [0.2, 0.25) is 0 Å². The molecule has 3 heteroatoms. The molecular weight excluding hydrogens is 210 g/mol. The summed E-state index contributed by atoms with van der Waals surface area (Å²) in [5, 5.41) is 0. The number of hydrogen-bond donors (Lipinski definition) is 0. The van der Waals surface area contributed by atoms with E-state index < -0.39 is 0 Å². The molecule has 1 aliphatic rings. The summed E-state index contributed by atoms with van der Waals surface area (Å²) in [6.07, 6.45) is 6.52. The molecule has 1 heterocycles. The maximum absolute atomic E-state index is 4.35. The van der Waals surface area contributed by atoms with Crippen LogP contribution >= 0.6 is 0 Å². The summed E-state index contributed by atoms with van der Waals surface area (Å²) < 4.78 is 0. The zero-order chi connectivity index (χ0) is 13.3. The van der Waals surface area contributed by atoms with Gasteiger partial charge >= 0.3 is 0 Å². The van der Waals surface area contributed by atoms with Crippen LogP contribution < -0.4 is 0 Å². The number of rotatable bonds is 2. The quantitative estimate of drug-likeness (QED) is 0.686. The summed E-state index contributed by atoms with van der Waals surface area (Å²) in [6, 6.07) is 0. The fourth-order valence-corrected chi connectivity index (χ4v) is 1.05. The third kappa shape index (κ3) is 5.38. The molecule has 0 aromatic carbocycles. The summed E-state index contributed by atoms with van der Waals surface area (Å²) in [6.45, 7) is 12.0. The first kappa shape index (κ1) is 15.5. The van der Waals surface area contributed by atoms with Crippen LogP contribution in [0.5, 0.6) is 0 Å². The van der Waals surface area contributed by atoms with Gasteiger partial charge in [0.05, 0.1) is 11.9 Å². The molecule has 0 spiro atoms.